The van der Waals surface area contributed by atoms with Crippen LogP contribution >= 0.6 is 0 Å². The van der Waals surface area contributed by atoms with E-state index in [1.54, 1.807) is 12.1 Å². The molecule has 0 spiro atoms. The predicted molar refractivity (Wildman–Crippen MR) is 99.0 cm³/mol. The first kappa shape index (κ1) is 19.0. The highest BCUT2D eigenvalue weighted by atomic mass is 16.5. The Balaban J connectivity index is 1.37. The van der Waals surface area contributed by atoms with Gasteiger partial charge < -0.3 is 20.5 Å². The van der Waals surface area contributed by atoms with E-state index in [1.807, 2.05) is 0 Å². The molecule has 1 aromatic rings. The smallest absolute Gasteiger partial charge is 0.272 e. The Morgan fingerprint density at radius 1 is 1.15 bits per heavy atom. The van der Waals surface area contributed by atoms with Gasteiger partial charge in [0, 0.05) is 25.8 Å². The average Bonchev–Trinajstić information content (AvgIpc) is 2.68. The fourth-order valence-corrected chi connectivity index (χ4v) is 3.75. The van der Waals surface area contributed by atoms with Gasteiger partial charge in [-0.15, -0.1) is 10.2 Å². The molecular formula is C19H30N4O3. The molecule has 0 aromatic carbocycles. The summed E-state index contributed by atoms with van der Waals surface area (Å²) >= 11 is 0. The van der Waals surface area contributed by atoms with Crippen molar-refractivity contribution in [3.8, 4) is 0 Å². The molecule has 2 heterocycles. The van der Waals surface area contributed by atoms with Gasteiger partial charge in [-0.25, -0.2) is 0 Å². The van der Waals surface area contributed by atoms with Crippen LogP contribution in [0.4, 0.5) is 5.82 Å². The molecule has 1 aliphatic heterocycles. The Bertz CT molecular complexity index is 560. The minimum absolute atomic E-state index is 0.128. The van der Waals surface area contributed by atoms with Crippen LogP contribution in [-0.4, -0.2) is 53.1 Å². The van der Waals surface area contributed by atoms with E-state index in [4.69, 9.17) is 4.74 Å². The number of nitrogens with one attached hydrogen (secondary N) is 2. The van der Waals surface area contributed by atoms with Gasteiger partial charge in [0.1, 0.15) is 5.82 Å². The van der Waals surface area contributed by atoms with Crippen molar-refractivity contribution in [2.45, 2.75) is 63.5 Å². The number of ether oxygens (including phenoxy) is 1. The summed E-state index contributed by atoms with van der Waals surface area (Å²) in [5, 5.41) is 24.3. The number of carbonyl (C=O) groups is 1. The van der Waals surface area contributed by atoms with Gasteiger partial charge in [-0.1, -0.05) is 12.8 Å². The molecule has 26 heavy (non-hydrogen) atoms. The first-order valence-electron chi connectivity index (χ1n) is 9.86. The van der Waals surface area contributed by atoms with E-state index >= 15 is 0 Å². The second kappa shape index (κ2) is 9.83. The van der Waals surface area contributed by atoms with Gasteiger partial charge in [0.25, 0.3) is 5.91 Å². The lowest BCUT2D eigenvalue weighted by atomic mass is 9.83. The summed E-state index contributed by atoms with van der Waals surface area (Å²) in [5.74, 6) is 0.937. The number of amides is 1. The lowest BCUT2D eigenvalue weighted by Crippen LogP contribution is -2.39. The highest BCUT2D eigenvalue weighted by molar-refractivity contribution is 5.92. The third kappa shape index (κ3) is 5.64. The highest BCUT2D eigenvalue weighted by Gasteiger charge is 2.22. The molecule has 3 rings (SSSR count). The number of hydrogen-bond acceptors (Lipinski definition) is 6. The quantitative estimate of drug-likeness (QED) is 0.643. The zero-order chi connectivity index (χ0) is 18.2. The number of aliphatic hydroxyl groups excluding tert-OH is 1. The molecule has 1 amide bonds. The molecule has 1 aromatic heterocycles. The van der Waals surface area contributed by atoms with E-state index in [1.165, 1.54) is 6.42 Å². The first-order chi connectivity index (χ1) is 12.7. The summed E-state index contributed by atoms with van der Waals surface area (Å²) in [6.07, 6.45) is 8.06. The monoisotopic (exact) mass is 362 g/mol. The minimum atomic E-state index is -0.178. The lowest BCUT2D eigenvalue weighted by Gasteiger charge is -2.27. The highest BCUT2D eigenvalue weighted by Crippen LogP contribution is 2.27. The Morgan fingerprint density at radius 2 is 1.96 bits per heavy atom. The van der Waals surface area contributed by atoms with Crippen molar-refractivity contribution in [2.24, 2.45) is 5.92 Å². The molecule has 0 radical (unpaired) electrons. The molecule has 1 aliphatic carbocycles. The second-order valence-electron chi connectivity index (χ2n) is 7.34. The van der Waals surface area contributed by atoms with Crippen molar-refractivity contribution in [2.75, 3.05) is 25.1 Å². The van der Waals surface area contributed by atoms with Gasteiger partial charge in [0.15, 0.2) is 5.69 Å². The van der Waals surface area contributed by atoms with Crippen molar-refractivity contribution in [1.29, 1.82) is 0 Å². The predicted octanol–water partition coefficient (Wildman–Crippen LogP) is 2.13. The molecule has 2 unspecified atom stereocenters. The van der Waals surface area contributed by atoms with Gasteiger partial charge in [-0.3, -0.25) is 4.79 Å². The van der Waals surface area contributed by atoms with Gasteiger partial charge in [-0.2, -0.15) is 0 Å². The average molecular weight is 362 g/mol. The van der Waals surface area contributed by atoms with Crippen LogP contribution in [0.15, 0.2) is 12.1 Å². The molecule has 2 fully saturated rings. The number of hydrogen-bond donors (Lipinski definition) is 3. The van der Waals surface area contributed by atoms with Crippen LogP contribution in [0.5, 0.6) is 0 Å². The topological polar surface area (TPSA) is 96.4 Å². The number of rotatable bonds is 7. The largest absolute Gasteiger partial charge is 0.393 e. The van der Waals surface area contributed by atoms with Crippen molar-refractivity contribution in [3.05, 3.63) is 17.8 Å². The summed E-state index contributed by atoms with van der Waals surface area (Å²) < 4.78 is 5.29. The maximum Gasteiger partial charge on any atom is 0.272 e. The zero-order valence-corrected chi connectivity index (χ0v) is 15.3. The van der Waals surface area contributed by atoms with Crippen molar-refractivity contribution in [1.82, 2.24) is 15.5 Å². The molecule has 144 valence electrons. The third-order valence-corrected chi connectivity index (χ3v) is 5.38. The van der Waals surface area contributed by atoms with E-state index in [2.05, 4.69) is 20.8 Å². The van der Waals surface area contributed by atoms with E-state index in [-0.39, 0.29) is 18.1 Å². The van der Waals surface area contributed by atoms with Crippen LogP contribution in [0.25, 0.3) is 0 Å². The van der Waals surface area contributed by atoms with Gasteiger partial charge in [0.2, 0.25) is 0 Å². The van der Waals surface area contributed by atoms with Gasteiger partial charge in [-0.05, 0) is 56.6 Å². The molecule has 2 atom stereocenters. The summed E-state index contributed by atoms with van der Waals surface area (Å²) in [6.45, 7) is 2.18. The Kier molecular flexibility index (Phi) is 7.20. The van der Waals surface area contributed by atoms with Crippen molar-refractivity contribution >= 4 is 11.7 Å². The van der Waals surface area contributed by atoms with E-state index in [0.29, 0.717) is 30.6 Å². The summed E-state index contributed by atoms with van der Waals surface area (Å²) in [6, 6.07) is 3.65. The van der Waals surface area contributed by atoms with Crippen LogP contribution < -0.4 is 10.6 Å². The number of aliphatic hydroxyl groups is 1. The van der Waals surface area contributed by atoms with Crippen LogP contribution in [0.2, 0.25) is 0 Å². The van der Waals surface area contributed by atoms with E-state index in [0.717, 1.165) is 51.5 Å². The van der Waals surface area contributed by atoms with Crippen LogP contribution in [-0.2, 0) is 4.74 Å². The third-order valence-electron chi connectivity index (χ3n) is 5.38. The molecular weight excluding hydrogens is 332 g/mol. The number of nitrogens with zero attached hydrogens (tertiary/aromatic N) is 2. The molecule has 7 nitrogen and oxygen atoms in total. The van der Waals surface area contributed by atoms with Crippen molar-refractivity contribution < 1.29 is 14.6 Å². The zero-order valence-electron chi connectivity index (χ0n) is 15.3. The Labute approximate surface area is 154 Å². The standard InChI is InChI=1S/C19H30N4O3/c24-17-6-2-1-4-14(17)5-3-11-20-18-8-7-16(22-23-18)19(25)21-15-9-12-26-13-10-15/h7-8,14-15,17,24H,1-6,9-13H2,(H,20,23)(H,21,25). The number of carbonyl (C=O) groups excluding carboxylic acids is 1. The number of anilines is 1. The Morgan fingerprint density at radius 3 is 2.69 bits per heavy atom. The van der Waals surface area contributed by atoms with Gasteiger partial charge in [0.05, 0.1) is 6.10 Å². The molecule has 1 saturated carbocycles. The Hall–Kier alpha value is -1.73. The van der Waals surface area contributed by atoms with Crippen molar-refractivity contribution in [3.63, 3.8) is 0 Å². The maximum atomic E-state index is 12.2. The SMILES string of the molecule is O=C(NC1CCOCC1)c1ccc(NCCCC2CCCCC2O)nn1. The van der Waals surface area contributed by atoms with Crippen LogP contribution in [0.1, 0.15) is 61.9 Å². The first-order valence-corrected chi connectivity index (χ1v) is 9.86. The van der Waals surface area contributed by atoms with E-state index < -0.39 is 0 Å². The number of aromatic nitrogens is 2. The van der Waals surface area contributed by atoms with Crippen LogP contribution in [0, 0.1) is 5.92 Å². The minimum Gasteiger partial charge on any atom is -0.393 e. The second-order valence-corrected chi connectivity index (χ2v) is 7.34. The molecule has 2 aliphatic rings. The van der Waals surface area contributed by atoms with Crippen LogP contribution in [0.3, 0.4) is 0 Å². The lowest BCUT2D eigenvalue weighted by molar-refractivity contribution is 0.0647. The molecule has 0 bridgehead atoms. The maximum absolute atomic E-state index is 12.2. The molecule has 3 N–H and O–H groups in total. The fourth-order valence-electron chi connectivity index (χ4n) is 3.75. The summed E-state index contributed by atoms with van der Waals surface area (Å²) in [7, 11) is 0. The van der Waals surface area contributed by atoms with E-state index in [9.17, 15) is 9.90 Å². The normalized spacial score (nSPS) is 24.2. The molecule has 1 saturated heterocycles. The summed E-state index contributed by atoms with van der Waals surface area (Å²) in [4.78, 5) is 12.2. The molecule has 7 heteroatoms. The summed E-state index contributed by atoms with van der Waals surface area (Å²) in [5.41, 5.74) is 0.340. The fraction of sp³-hybridized carbons (Fsp3) is 0.737. The van der Waals surface area contributed by atoms with Gasteiger partial charge >= 0.3 is 0 Å².